The number of hydrogen-bond donors (Lipinski definition) is 1. The van der Waals surface area contributed by atoms with Gasteiger partial charge in [0.2, 0.25) is 0 Å². The average molecular weight is 213 g/mol. The van der Waals surface area contributed by atoms with E-state index >= 15 is 0 Å². The van der Waals surface area contributed by atoms with Crippen molar-refractivity contribution in [3.63, 3.8) is 0 Å². The summed E-state index contributed by atoms with van der Waals surface area (Å²) in [4.78, 5) is 0. The Hall–Kier alpha value is -0.990. The smallest absolute Gasteiger partial charge is 0.126 e. The highest BCUT2D eigenvalue weighted by Crippen LogP contribution is 2.34. The summed E-state index contributed by atoms with van der Waals surface area (Å²) >= 11 is 5.97. The lowest BCUT2D eigenvalue weighted by Crippen LogP contribution is -2.02. The second-order valence-electron chi connectivity index (χ2n) is 3.10. The molecule has 1 N–H and O–H groups in total. The molecule has 1 aromatic rings. The molecule has 1 rings (SSSR count). The molecular weight excluding hydrogens is 200 g/mol. The van der Waals surface area contributed by atoms with Gasteiger partial charge in [0.1, 0.15) is 11.9 Å². The van der Waals surface area contributed by atoms with E-state index in [1.807, 2.05) is 0 Å². The van der Waals surface area contributed by atoms with E-state index in [1.165, 1.54) is 0 Å². The van der Waals surface area contributed by atoms with Crippen LogP contribution in [0.3, 0.4) is 0 Å². The number of hydrogen-bond acceptors (Lipinski definition) is 2. The van der Waals surface area contributed by atoms with Crippen LogP contribution in [-0.4, -0.2) is 12.2 Å². The number of halogens is 1. The van der Waals surface area contributed by atoms with Gasteiger partial charge in [0.25, 0.3) is 0 Å². The van der Waals surface area contributed by atoms with Crippen LogP contribution in [0, 0.1) is 0 Å². The molecule has 0 amide bonds. The lowest BCUT2D eigenvalue weighted by atomic mass is 10.0. The molecule has 14 heavy (non-hydrogen) atoms. The Morgan fingerprint density at radius 2 is 2.21 bits per heavy atom. The molecule has 0 saturated carbocycles. The summed E-state index contributed by atoms with van der Waals surface area (Å²) in [6.07, 6.45) is -0.779. The zero-order valence-electron chi connectivity index (χ0n) is 8.25. The lowest BCUT2D eigenvalue weighted by Gasteiger charge is -2.15. The fourth-order valence-electron chi connectivity index (χ4n) is 1.21. The van der Waals surface area contributed by atoms with Gasteiger partial charge in [-0.05, 0) is 24.6 Å². The normalized spacial score (nSPS) is 12.3. The summed E-state index contributed by atoms with van der Waals surface area (Å²) in [5.74, 6) is 0.577. The number of methoxy groups -OCH3 is 1. The van der Waals surface area contributed by atoms with E-state index in [-0.39, 0.29) is 0 Å². The third-order valence-electron chi connectivity index (χ3n) is 1.97. The van der Waals surface area contributed by atoms with Crippen LogP contribution in [0.15, 0.2) is 30.4 Å². The number of rotatable bonds is 3. The van der Waals surface area contributed by atoms with Gasteiger partial charge < -0.3 is 9.84 Å². The third kappa shape index (κ3) is 2.08. The van der Waals surface area contributed by atoms with Crippen LogP contribution in [0.2, 0.25) is 5.02 Å². The van der Waals surface area contributed by atoms with E-state index in [2.05, 4.69) is 6.58 Å². The number of aliphatic hydroxyl groups is 1. The minimum Gasteiger partial charge on any atom is -0.496 e. The first-order chi connectivity index (χ1) is 6.57. The van der Waals surface area contributed by atoms with Crippen molar-refractivity contribution >= 4 is 11.6 Å². The predicted molar refractivity (Wildman–Crippen MR) is 57.8 cm³/mol. The van der Waals surface area contributed by atoms with Crippen molar-refractivity contribution in [1.29, 1.82) is 0 Å². The Morgan fingerprint density at radius 3 is 2.71 bits per heavy atom. The molecule has 1 unspecified atom stereocenters. The first kappa shape index (κ1) is 11.1. The van der Waals surface area contributed by atoms with Crippen molar-refractivity contribution < 1.29 is 9.84 Å². The first-order valence-electron chi connectivity index (χ1n) is 4.23. The molecule has 0 fully saturated rings. The molecule has 0 bridgehead atoms. The molecule has 0 saturated heterocycles. The van der Waals surface area contributed by atoms with Crippen LogP contribution >= 0.6 is 11.6 Å². The van der Waals surface area contributed by atoms with Gasteiger partial charge in [-0.25, -0.2) is 0 Å². The highest BCUT2D eigenvalue weighted by molar-refractivity contribution is 6.31. The molecule has 0 spiro atoms. The Kier molecular flexibility index (Phi) is 3.55. The molecule has 0 aliphatic carbocycles. The lowest BCUT2D eigenvalue weighted by molar-refractivity contribution is 0.211. The van der Waals surface area contributed by atoms with E-state index in [4.69, 9.17) is 16.3 Å². The standard InChI is InChI=1S/C11H13ClO2/c1-7(2)11(13)10-8(12)5-4-6-9(10)14-3/h4-6,11,13H,1H2,2-3H3. The van der Waals surface area contributed by atoms with E-state index in [1.54, 1.807) is 32.2 Å². The van der Waals surface area contributed by atoms with Crippen molar-refractivity contribution in [3.05, 3.63) is 40.9 Å². The van der Waals surface area contributed by atoms with Gasteiger partial charge in [0.05, 0.1) is 12.1 Å². The van der Waals surface area contributed by atoms with Gasteiger partial charge in [-0.15, -0.1) is 0 Å². The van der Waals surface area contributed by atoms with Gasteiger partial charge in [-0.1, -0.05) is 24.2 Å². The molecule has 0 heterocycles. The maximum Gasteiger partial charge on any atom is 0.126 e. The number of ether oxygens (including phenoxy) is 1. The first-order valence-corrected chi connectivity index (χ1v) is 4.61. The predicted octanol–water partition coefficient (Wildman–Crippen LogP) is 2.96. The van der Waals surface area contributed by atoms with Gasteiger partial charge in [0.15, 0.2) is 0 Å². The zero-order chi connectivity index (χ0) is 10.7. The number of aliphatic hydroxyl groups excluding tert-OH is 1. The van der Waals surface area contributed by atoms with Gasteiger partial charge in [-0.2, -0.15) is 0 Å². The fraction of sp³-hybridized carbons (Fsp3) is 0.273. The topological polar surface area (TPSA) is 29.5 Å². The minimum absolute atomic E-state index is 0.486. The zero-order valence-corrected chi connectivity index (χ0v) is 9.01. The Morgan fingerprint density at radius 1 is 1.57 bits per heavy atom. The highest BCUT2D eigenvalue weighted by Gasteiger charge is 2.16. The molecule has 3 heteroatoms. The summed E-state index contributed by atoms with van der Waals surface area (Å²) in [6, 6.07) is 5.24. The van der Waals surface area contributed by atoms with Crippen LogP contribution in [0.5, 0.6) is 5.75 Å². The van der Waals surface area contributed by atoms with Crippen LogP contribution in [0.25, 0.3) is 0 Å². The summed E-state index contributed by atoms with van der Waals surface area (Å²) in [6.45, 7) is 5.43. The molecular formula is C11H13ClO2. The van der Waals surface area contributed by atoms with Gasteiger partial charge in [-0.3, -0.25) is 0 Å². The highest BCUT2D eigenvalue weighted by atomic mass is 35.5. The van der Waals surface area contributed by atoms with Crippen LogP contribution in [0.1, 0.15) is 18.6 Å². The van der Waals surface area contributed by atoms with E-state index in [0.717, 1.165) is 0 Å². The van der Waals surface area contributed by atoms with E-state index < -0.39 is 6.10 Å². The van der Waals surface area contributed by atoms with Crippen LogP contribution in [0.4, 0.5) is 0 Å². The third-order valence-corrected chi connectivity index (χ3v) is 2.30. The van der Waals surface area contributed by atoms with Crippen LogP contribution < -0.4 is 4.74 Å². The SMILES string of the molecule is C=C(C)C(O)c1c(Cl)cccc1OC. The number of benzene rings is 1. The van der Waals surface area contributed by atoms with Crippen molar-refractivity contribution in [3.8, 4) is 5.75 Å². The van der Waals surface area contributed by atoms with Crippen molar-refractivity contribution in [2.45, 2.75) is 13.0 Å². The summed E-state index contributed by atoms with van der Waals surface area (Å²) in [5, 5.41) is 10.3. The maximum atomic E-state index is 9.83. The second kappa shape index (κ2) is 4.49. The maximum absolute atomic E-state index is 9.83. The molecule has 2 nitrogen and oxygen atoms in total. The average Bonchev–Trinajstić information content (AvgIpc) is 2.16. The Labute approximate surface area is 88.8 Å². The Balaban J connectivity index is 3.23. The van der Waals surface area contributed by atoms with E-state index in [9.17, 15) is 5.11 Å². The van der Waals surface area contributed by atoms with E-state index in [0.29, 0.717) is 21.9 Å². The molecule has 76 valence electrons. The van der Waals surface area contributed by atoms with Crippen molar-refractivity contribution in [2.24, 2.45) is 0 Å². The summed E-state index contributed by atoms with van der Waals surface area (Å²) in [5.41, 5.74) is 1.21. The minimum atomic E-state index is -0.779. The van der Waals surface area contributed by atoms with Gasteiger partial charge >= 0.3 is 0 Å². The molecule has 0 aliphatic heterocycles. The largest absolute Gasteiger partial charge is 0.496 e. The van der Waals surface area contributed by atoms with Crippen molar-refractivity contribution in [2.75, 3.05) is 7.11 Å². The summed E-state index contributed by atoms with van der Waals surface area (Å²) < 4.78 is 5.11. The summed E-state index contributed by atoms with van der Waals surface area (Å²) in [7, 11) is 1.54. The molecule has 1 atom stereocenters. The molecule has 0 aromatic heterocycles. The fourth-order valence-corrected chi connectivity index (χ4v) is 1.48. The van der Waals surface area contributed by atoms with Gasteiger partial charge in [0, 0.05) is 5.56 Å². The molecule has 1 aromatic carbocycles. The second-order valence-corrected chi connectivity index (χ2v) is 3.51. The quantitative estimate of drug-likeness (QED) is 0.781. The monoisotopic (exact) mass is 212 g/mol. The van der Waals surface area contributed by atoms with Crippen molar-refractivity contribution in [1.82, 2.24) is 0 Å². The molecule has 0 radical (unpaired) electrons. The molecule has 0 aliphatic rings. The Bertz CT molecular complexity index is 347. The van der Waals surface area contributed by atoms with Crippen LogP contribution in [-0.2, 0) is 0 Å².